The number of thioether (sulfide) groups is 1. The zero-order chi connectivity index (χ0) is 37.3. The van der Waals surface area contributed by atoms with Gasteiger partial charge in [-0.2, -0.15) is 0 Å². The minimum Gasteiger partial charge on any atom is -0.543 e. The number of aromatic nitrogens is 3. The fourth-order valence-corrected chi connectivity index (χ4v) is 7.79. The minimum atomic E-state index is -1.75. The van der Waals surface area contributed by atoms with Gasteiger partial charge >= 0.3 is 5.97 Å². The van der Waals surface area contributed by atoms with Crippen molar-refractivity contribution in [2.24, 2.45) is 22.0 Å². The van der Waals surface area contributed by atoms with E-state index < -0.39 is 40.5 Å². The Morgan fingerprint density at radius 1 is 1.17 bits per heavy atom. The third-order valence-electron chi connectivity index (χ3n) is 8.60. The Balaban J connectivity index is 1.17. The fraction of sp³-hybridized carbons (Fsp3) is 0.294. The molecule has 1 amide bonds. The number of carbonyl (C=O) groups excluding carboxylic acids is 3. The highest BCUT2D eigenvalue weighted by molar-refractivity contribution is 8.00. The summed E-state index contributed by atoms with van der Waals surface area (Å²) in [5, 5.41) is 31.3. The summed E-state index contributed by atoms with van der Waals surface area (Å²) in [4.78, 5) is 66.1. The number of hydrogen-bond donors (Lipinski definition) is 3. The number of aliphatic carboxylic acids is 2. The molecule has 0 spiro atoms. The lowest BCUT2D eigenvalue weighted by Gasteiger charge is -2.50. The van der Waals surface area contributed by atoms with E-state index in [0.29, 0.717) is 12.1 Å². The molecule has 2 aliphatic rings. The highest BCUT2D eigenvalue weighted by Crippen LogP contribution is 2.45. The molecule has 3 aromatic heterocycles. The highest BCUT2D eigenvalue weighted by atomic mass is 32.2. The standard InChI is InChI=1S/C34H34N8O8S2/c1-34(2,32(47)48)50-38-26(23-17-52-33(36)37-23)25(43)12-22-29(44)42-27(31(45)46)21(16-51-30(22)42)15-40-10-9-24-20(14-40)8-11-41(24)13-18-4-6-19(7-5-18)28(35)39-49-3/h4-11,14,17,22,30H,12-13,15-16H2,1-3H3,(H5-,35,36,37,39,45,46,47,48)/b38-26-/t22-,30-/m1/s1. The van der Waals surface area contributed by atoms with E-state index in [-0.39, 0.29) is 46.8 Å². The summed E-state index contributed by atoms with van der Waals surface area (Å²) in [6, 6.07) is 11.6. The maximum absolute atomic E-state index is 13.5. The van der Waals surface area contributed by atoms with Gasteiger partial charge in [-0.25, -0.2) is 14.3 Å². The number of carboxylic acid groups (broad SMARTS) is 2. The number of oxime groups is 2. The summed E-state index contributed by atoms with van der Waals surface area (Å²) in [7, 11) is 1.43. The fourth-order valence-electron chi connectivity index (χ4n) is 5.84. The topological polar surface area (TPSA) is 232 Å². The number of nitrogen functional groups attached to an aromatic ring is 1. The predicted molar refractivity (Wildman–Crippen MR) is 190 cm³/mol. The van der Waals surface area contributed by atoms with E-state index in [4.69, 9.17) is 21.1 Å². The van der Waals surface area contributed by atoms with E-state index >= 15 is 0 Å². The number of ketones is 1. The van der Waals surface area contributed by atoms with Gasteiger partial charge in [0.15, 0.2) is 41.4 Å². The van der Waals surface area contributed by atoms with Crippen LogP contribution in [0, 0.1) is 5.92 Å². The van der Waals surface area contributed by atoms with E-state index in [1.54, 1.807) is 0 Å². The number of amidine groups is 1. The number of Topliss-reactive ketones (excluding diaryl/α,β-unsaturated/α-hetero) is 1. The average Bonchev–Trinajstić information content (AvgIpc) is 3.72. The number of rotatable bonds is 14. The smallest absolute Gasteiger partial charge is 0.350 e. The number of amides is 1. The Hall–Kier alpha value is -5.75. The quantitative estimate of drug-likeness (QED) is 0.0541. The van der Waals surface area contributed by atoms with Gasteiger partial charge in [-0.15, -0.1) is 23.1 Å². The molecule has 5 heterocycles. The SMILES string of the molecule is CO/N=C(\N)c1ccc(Cn2ccc3c[n+](CC4=C(C(=O)[O-])N5C(=O)[C@@H](CC(=O)/C(=N\OC(C)(C)C(=O)O)c6csc(N)n6)[C@H]5SC4)ccc32)cc1. The Kier molecular flexibility index (Phi) is 10.0. The van der Waals surface area contributed by atoms with Gasteiger partial charge in [0.05, 0.1) is 33.9 Å². The largest absolute Gasteiger partial charge is 0.543 e. The third-order valence-corrected chi connectivity index (χ3v) is 10.7. The second-order valence-electron chi connectivity index (χ2n) is 12.6. The van der Waals surface area contributed by atoms with Crippen LogP contribution in [0.4, 0.5) is 5.13 Å². The van der Waals surface area contributed by atoms with Gasteiger partial charge in [0.2, 0.25) is 11.5 Å². The van der Waals surface area contributed by atoms with Crippen molar-refractivity contribution in [3.8, 4) is 0 Å². The molecule has 4 aromatic rings. The molecule has 270 valence electrons. The zero-order valence-electron chi connectivity index (χ0n) is 28.2. The number of pyridine rings is 1. The third kappa shape index (κ3) is 7.20. The number of carbonyl (C=O) groups is 4. The first kappa shape index (κ1) is 36.1. The molecule has 0 saturated carbocycles. The van der Waals surface area contributed by atoms with Crippen molar-refractivity contribution in [1.29, 1.82) is 0 Å². The van der Waals surface area contributed by atoms with Crippen LogP contribution < -0.4 is 21.1 Å². The molecule has 18 heteroatoms. The molecule has 1 fully saturated rings. The van der Waals surface area contributed by atoms with Crippen LogP contribution in [0.5, 0.6) is 0 Å². The van der Waals surface area contributed by atoms with Gasteiger partial charge in [0.1, 0.15) is 12.8 Å². The van der Waals surface area contributed by atoms with Crippen molar-refractivity contribution >= 4 is 74.3 Å². The summed E-state index contributed by atoms with van der Waals surface area (Å²) in [5.41, 5.74) is 12.7. The van der Waals surface area contributed by atoms with Crippen LogP contribution >= 0.6 is 23.1 Å². The molecule has 16 nitrogen and oxygen atoms in total. The number of thiazole rings is 1. The highest BCUT2D eigenvalue weighted by Gasteiger charge is 2.53. The van der Waals surface area contributed by atoms with Crippen molar-refractivity contribution in [3.63, 3.8) is 0 Å². The van der Waals surface area contributed by atoms with Gasteiger partial charge < -0.3 is 40.7 Å². The van der Waals surface area contributed by atoms with Crippen molar-refractivity contribution in [1.82, 2.24) is 14.5 Å². The summed E-state index contributed by atoms with van der Waals surface area (Å²) in [5.74, 6) is -4.28. The maximum Gasteiger partial charge on any atom is 0.350 e. The van der Waals surface area contributed by atoms with Gasteiger partial charge in [-0.05, 0) is 25.5 Å². The van der Waals surface area contributed by atoms with Crippen LogP contribution in [0.1, 0.15) is 37.1 Å². The second kappa shape index (κ2) is 14.5. The molecule has 52 heavy (non-hydrogen) atoms. The number of hydrogen-bond acceptors (Lipinski definition) is 13. The number of fused-ring (bicyclic) bond motifs is 2. The van der Waals surface area contributed by atoms with Crippen LogP contribution in [-0.2, 0) is 41.9 Å². The first-order valence-electron chi connectivity index (χ1n) is 15.8. The van der Waals surface area contributed by atoms with Crippen molar-refractivity contribution < 1.29 is 43.6 Å². The Morgan fingerprint density at radius 3 is 2.58 bits per heavy atom. The molecule has 0 bridgehead atoms. The number of anilines is 1. The molecule has 6 rings (SSSR count). The lowest BCUT2D eigenvalue weighted by atomic mass is 9.89. The Morgan fingerprint density at radius 2 is 1.92 bits per heavy atom. The molecule has 5 N–H and O–H groups in total. The van der Waals surface area contributed by atoms with Crippen LogP contribution in [0.2, 0.25) is 0 Å². The lowest BCUT2D eigenvalue weighted by molar-refractivity contribution is -0.687. The van der Waals surface area contributed by atoms with Crippen molar-refractivity contribution in [3.05, 3.63) is 88.5 Å². The van der Waals surface area contributed by atoms with Gasteiger partial charge in [-0.1, -0.05) is 34.6 Å². The monoisotopic (exact) mass is 746 g/mol. The molecule has 0 unspecified atom stereocenters. The van der Waals surface area contributed by atoms with Crippen LogP contribution in [-0.4, -0.2) is 78.6 Å². The Bertz CT molecular complexity index is 2170. The number of β-lactam (4-membered cyclic amide) rings is 1. The average molecular weight is 747 g/mol. The molecule has 2 aliphatic heterocycles. The van der Waals surface area contributed by atoms with Gasteiger partial charge in [0.25, 0.3) is 0 Å². The van der Waals surface area contributed by atoms with Gasteiger partial charge in [-0.3, -0.25) is 14.5 Å². The molecular formula is C34H34N8O8S2. The van der Waals surface area contributed by atoms with E-state index in [0.717, 1.165) is 33.4 Å². The maximum atomic E-state index is 13.5. The normalized spacial score (nSPS) is 17.9. The first-order chi connectivity index (χ1) is 24.8. The number of nitrogens with zero attached hydrogens (tertiary/aromatic N) is 6. The van der Waals surface area contributed by atoms with E-state index in [1.807, 2.05) is 59.6 Å². The number of benzene rings is 1. The molecule has 0 aliphatic carbocycles. The van der Waals surface area contributed by atoms with Crippen molar-refractivity contribution in [2.45, 2.75) is 44.3 Å². The van der Waals surface area contributed by atoms with Crippen LogP contribution in [0.3, 0.4) is 0 Å². The van der Waals surface area contributed by atoms with Crippen LogP contribution in [0.15, 0.2) is 82.0 Å². The minimum absolute atomic E-state index is 0.0731. The van der Waals surface area contributed by atoms with E-state index in [2.05, 4.69) is 19.9 Å². The lowest BCUT2D eigenvalue weighted by Crippen LogP contribution is -2.63. The predicted octanol–water partition coefficient (Wildman–Crippen LogP) is 1.06. The summed E-state index contributed by atoms with van der Waals surface area (Å²) in [6.07, 6.45) is 5.39. The molecular weight excluding hydrogens is 713 g/mol. The van der Waals surface area contributed by atoms with Gasteiger partial charge in [0, 0.05) is 47.5 Å². The second-order valence-corrected chi connectivity index (χ2v) is 14.6. The molecule has 1 aromatic carbocycles. The summed E-state index contributed by atoms with van der Waals surface area (Å²) in [6.45, 7) is 3.33. The Labute approximate surface area is 305 Å². The number of carboxylic acids is 2. The van der Waals surface area contributed by atoms with Crippen LogP contribution in [0.25, 0.3) is 10.9 Å². The first-order valence-corrected chi connectivity index (χ1v) is 17.8. The molecule has 1 saturated heterocycles. The molecule has 2 atom stereocenters. The van der Waals surface area contributed by atoms with Crippen molar-refractivity contribution in [2.75, 3.05) is 18.6 Å². The zero-order valence-corrected chi connectivity index (χ0v) is 29.8. The van der Waals surface area contributed by atoms with E-state index in [9.17, 15) is 29.4 Å². The molecule has 0 radical (unpaired) electrons. The number of nitrogens with two attached hydrogens (primary N) is 2. The summed E-state index contributed by atoms with van der Waals surface area (Å²) >= 11 is 2.39. The summed E-state index contributed by atoms with van der Waals surface area (Å²) < 4.78 is 3.94. The van der Waals surface area contributed by atoms with E-state index in [1.165, 1.54) is 43.0 Å².